The number of hydrogen-bond acceptors (Lipinski definition) is 3. The van der Waals surface area contributed by atoms with Crippen molar-refractivity contribution in [3.05, 3.63) is 48.0 Å². The monoisotopic (exact) mass is 177 g/mol. The maximum atomic E-state index is 5.46. The van der Waals surface area contributed by atoms with Crippen molar-refractivity contribution in [1.82, 2.24) is 0 Å². The Kier molecular flexibility index (Phi) is 2.08. The minimum atomic E-state index is 0.299. The minimum absolute atomic E-state index is 0.299. The van der Waals surface area contributed by atoms with Crippen LogP contribution in [0.1, 0.15) is 12.8 Å². The Hall–Kier alpha value is -1.64. The van der Waals surface area contributed by atoms with Gasteiger partial charge in [-0.1, -0.05) is 18.2 Å². The highest BCUT2D eigenvalue weighted by Gasteiger charge is 2.12. The highest BCUT2D eigenvalue weighted by atomic mass is 16.5. The van der Waals surface area contributed by atoms with Crippen LogP contribution >= 0.6 is 0 Å². The highest BCUT2D eigenvalue weighted by Crippen LogP contribution is 2.24. The summed E-state index contributed by atoms with van der Waals surface area (Å²) in [7, 11) is 0. The van der Waals surface area contributed by atoms with Crippen LogP contribution in [0.5, 0.6) is 0 Å². The van der Waals surface area contributed by atoms with Gasteiger partial charge in [-0.2, -0.15) is 0 Å². The maximum Gasteiger partial charge on any atom is 0.226 e. The van der Waals surface area contributed by atoms with Gasteiger partial charge in [0, 0.05) is 0 Å². The van der Waals surface area contributed by atoms with Crippen molar-refractivity contribution in [3.8, 4) is 0 Å². The summed E-state index contributed by atoms with van der Waals surface area (Å²) in [6.45, 7) is 0. The number of nitrogens with two attached hydrogens (primary N) is 1. The normalized spacial score (nSPS) is 20.8. The van der Waals surface area contributed by atoms with E-state index in [-0.39, 0.29) is 0 Å². The van der Waals surface area contributed by atoms with E-state index in [1.807, 2.05) is 12.2 Å². The molecule has 1 heterocycles. The van der Waals surface area contributed by atoms with E-state index in [2.05, 4.69) is 6.08 Å². The van der Waals surface area contributed by atoms with E-state index in [0.717, 1.165) is 18.4 Å². The SMILES string of the molecule is NC1=COC=C(C2=CC=CCC2)O1. The quantitative estimate of drug-likeness (QED) is 0.665. The Bertz CT molecular complexity index is 324. The van der Waals surface area contributed by atoms with Gasteiger partial charge in [0.15, 0.2) is 12.0 Å². The van der Waals surface area contributed by atoms with Crippen LogP contribution in [0.3, 0.4) is 0 Å². The first-order valence-electron chi connectivity index (χ1n) is 4.21. The van der Waals surface area contributed by atoms with E-state index in [1.165, 1.54) is 6.26 Å². The van der Waals surface area contributed by atoms with Crippen LogP contribution in [0.25, 0.3) is 0 Å². The summed E-state index contributed by atoms with van der Waals surface area (Å²) < 4.78 is 10.3. The second-order valence-corrected chi connectivity index (χ2v) is 2.90. The second-order valence-electron chi connectivity index (χ2n) is 2.90. The van der Waals surface area contributed by atoms with Crippen molar-refractivity contribution >= 4 is 0 Å². The fraction of sp³-hybridized carbons (Fsp3) is 0.200. The summed E-state index contributed by atoms with van der Waals surface area (Å²) in [5.41, 5.74) is 6.58. The lowest BCUT2D eigenvalue weighted by Gasteiger charge is -2.16. The molecule has 0 aromatic carbocycles. The van der Waals surface area contributed by atoms with E-state index in [9.17, 15) is 0 Å². The third-order valence-electron chi connectivity index (χ3n) is 1.92. The van der Waals surface area contributed by atoms with Gasteiger partial charge in [-0.15, -0.1) is 0 Å². The molecule has 2 aliphatic rings. The predicted octanol–water partition coefficient (Wildman–Crippen LogP) is 1.91. The summed E-state index contributed by atoms with van der Waals surface area (Å²) in [5.74, 6) is 1.01. The number of allylic oxidation sites excluding steroid dienone is 4. The molecule has 0 radical (unpaired) electrons. The molecule has 0 spiro atoms. The van der Waals surface area contributed by atoms with Gasteiger partial charge in [0.2, 0.25) is 5.88 Å². The molecular weight excluding hydrogens is 166 g/mol. The molecule has 2 N–H and O–H groups in total. The largest absolute Gasteiger partial charge is 0.463 e. The van der Waals surface area contributed by atoms with E-state index in [1.54, 1.807) is 6.26 Å². The molecule has 0 fully saturated rings. The zero-order valence-corrected chi connectivity index (χ0v) is 7.19. The molecule has 13 heavy (non-hydrogen) atoms. The topological polar surface area (TPSA) is 44.5 Å². The first kappa shape index (κ1) is 7.98. The van der Waals surface area contributed by atoms with Crippen LogP contribution in [-0.2, 0) is 9.47 Å². The van der Waals surface area contributed by atoms with Crippen LogP contribution in [0, 0.1) is 0 Å². The van der Waals surface area contributed by atoms with Gasteiger partial charge in [0.1, 0.15) is 6.26 Å². The van der Waals surface area contributed by atoms with Gasteiger partial charge in [0.25, 0.3) is 0 Å². The van der Waals surface area contributed by atoms with Crippen LogP contribution < -0.4 is 5.73 Å². The third kappa shape index (κ3) is 1.75. The van der Waals surface area contributed by atoms with Crippen molar-refractivity contribution < 1.29 is 9.47 Å². The molecule has 1 aliphatic heterocycles. The number of rotatable bonds is 1. The van der Waals surface area contributed by atoms with Crippen LogP contribution in [0.4, 0.5) is 0 Å². The van der Waals surface area contributed by atoms with E-state index in [4.69, 9.17) is 15.2 Å². The van der Waals surface area contributed by atoms with Crippen molar-refractivity contribution in [2.45, 2.75) is 12.8 Å². The Morgan fingerprint density at radius 3 is 2.92 bits per heavy atom. The van der Waals surface area contributed by atoms with Crippen LogP contribution in [-0.4, -0.2) is 0 Å². The van der Waals surface area contributed by atoms with Gasteiger partial charge in [-0.3, -0.25) is 0 Å². The highest BCUT2D eigenvalue weighted by molar-refractivity contribution is 5.32. The third-order valence-corrected chi connectivity index (χ3v) is 1.92. The fourth-order valence-corrected chi connectivity index (χ4v) is 1.29. The average Bonchev–Trinajstić information content (AvgIpc) is 2.19. The summed E-state index contributed by atoms with van der Waals surface area (Å²) in [5, 5.41) is 0. The smallest absolute Gasteiger partial charge is 0.226 e. The standard InChI is InChI=1S/C10H11NO2/c11-10-7-12-6-9(13-10)8-4-2-1-3-5-8/h1-2,4,6-7H,3,5,11H2. The molecule has 0 bridgehead atoms. The lowest BCUT2D eigenvalue weighted by molar-refractivity contribution is 0.226. The average molecular weight is 177 g/mol. The van der Waals surface area contributed by atoms with Crippen molar-refractivity contribution in [1.29, 1.82) is 0 Å². The van der Waals surface area contributed by atoms with E-state index < -0.39 is 0 Å². The molecule has 0 aromatic heterocycles. The van der Waals surface area contributed by atoms with Crippen LogP contribution in [0.2, 0.25) is 0 Å². The Morgan fingerprint density at radius 2 is 2.23 bits per heavy atom. The van der Waals surface area contributed by atoms with Crippen molar-refractivity contribution in [2.75, 3.05) is 0 Å². The number of hydrogen-bond donors (Lipinski definition) is 1. The lowest BCUT2D eigenvalue weighted by Crippen LogP contribution is -2.09. The lowest BCUT2D eigenvalue weighted by atomic mass is 10.0. The van der Waals surface area contributed by atoms with Gasteiger partial charge < -0.3 is 15.2 Å². The van der Waals surface area contributed by atoms with Crippen molar-refractivity contribution in [2.24, 2.45) is 5.73 Å². The van der Waals surface area contributed by atoms with Crippen LogP contribution in [0.15, 0.2) is 48.0 Å². The number of ether oxygens (including phenoxy) is 2. The molecule has 0 amide bonds. The first-order valence-corrected chi connectivity index (χ1v) is 4.21. The van der Waals surface area contributed by atoms with Gasteiger partial charge >= 0.3 is 0 Å². The van der Waals surface area contributed by atoms with Gasteiger partial charge in [-0.05, 0) is 18.4 Å². The Morgan fingerprint density at radius 1 is 1.31 bits per heavy atom. The molecular formula is C10H11NO2. The summed E-state index contributed by atoms with van der Waals surface area (Å²) in [6, 6.07) is 0. The molecule has 2 rings (SSSR count). The maximum absolute atomic E-state index is 5.46. The Balaban J connectivity index is 2.13. The van der Waals surface area contributed by atoms with Crippen molar-refractivity contribution in [3.63, 3.8) is 0 Å². The zero-order chi connectivity index (χ0) is 9.10. The van der Waals surface area contributed by atoms with Gasteiger partial charge in [0.05, 0.1) is 0 Å². The fourth-order valence-electron chi connectivity index (χ4n) is 1.29. The molecule has 3 nitrogen and oxygen atoms in total. The molecule has 0 aromatic rings. The molecule has 0 saturated carbocycles. The molecule has 68 valence electrons. The Labute approximate surface area is 76.8 Å². The predicted molar refractivity (Wildman–Crippen MR) is 49.0 cm³/mol. The zero-order valence-electron chi connectivity index (χ0n) is 7.19. The first-order chi connectivity index (χ1) is 6.36. The molecule has 0 unspecified atom stereocenters. The molecule has 3 heteroatoms. The van der Waals surface area contributed by atoms with E-state index >= 15 is 0 Å². The van der Waals surface area contributed by atoms with E-state index in [0.29, 0.717) is 11.6 Å². The summed E-state index contributed by atoms with van der Waals surface area (Å²) in [6.07, 6.45) is 11.1. The van der Waals surface area contributed by atoms with Gasteiger partial charge in [-0.25, -0.2) is 0 Å². The molecule has 0 saturated heterocycles. The minimum Gasteiger partial charge on any atom is -0.463 e. The summed E-state index contributed by atoms with van der Waals surface area (Å²) in [4.78, 5) is 0. The summed E-state index contributed by atoms with van der Waals surface area (Å²) >= 11 is 0. The molecule has 1 aliphatic carbocycles. The second kappa shape index (κ2) is 3.39. The molecule has 0 atom stereocenters.